The average Bonchev–Trinajstić information content (AvgIpc) is 3.08. The van der Waals surface area contributed by atoms with Crippen molar-refractivity contribution in [2.45, 2.75) is 53.1 Å². The van der Waals surface area contributed by atoms with Crippen molar-refractivity contribution in [3.8, 4) is 0 Å². The lowest BCUT2D eigenvalue weighted by molar-refractivity contribution is 0.106. The summed E-state index contributed by atoms with van der Waals surface area (Å²) in [5.74, 6) is 3.50. The Hall–Kier alpha value is -1.66. The first-order valence-electron chi connectivity index (χ1n) is 8.64. The van der Waals surface area contributed by atoms with Gasteiger partial charge in [-0.25, -0.2) is 9.97 Å². The normalized spacial score (nSPS) is 17.5. The number of rotatable bonds is 4. The summed E-state index contributed by atoms with van der Waals surface area (Å²) in [7, 11) is 0. The lowest BCUT2D eigenvalue weighted by Gasteiger charge is -2.33. The molecule has 24 heavy (non-hydrogen) atoms. The summed E-state index contributed by atoms with van der Waals surface area (Å²) >= 11 is 0. The van der Waals surface area contributed by atoms with E-state index in [1.807, 2.05) is 20.0 Å². The van der Waals surface area contributed by atoms with Gasteiger partial charge in [-0.05, 0) is 13.8 Å². The largest absolute Gasteiger partial charge is 0.444 e. The van der Waals surface area contributed by atoms with Gasteiger partial charge in [0.1, 0.15) is 11.5 Å². The fraction of sp³-hybridized carbons (Fsp3) is 0.667. The van der Waals surface area contributed by atoms with Crippen LogP contribution >= 0.6 is 0 Å². The van der Waals surface area contributed by atoms with Gasteiger partial charge < -0.3 is 8.83 Å². The van der Waals surface area contributed by atoms with E-state index in [1.54, 1.807) is 0 Å². The number of aromatic nitrogens is 2. The zero-order chi connectivity index (χ0) is 17.3. The van der Waals surface area contributed by atoms with Crippen molar-refractivity contribution in [1.29, 1.82) is 0 Å². The van der Waals surface area contributed by atoms with Gasteiger partial charge in [0.25, 0.3) is 0 Å². The van der Waals surface area contributed by atoms with Crippen LogP contribution in [0, 0.1) is 13.8 Å². The van der Waals surface area contributed by atoms with Crippen LogP contribution in [0.4, 0.5) is 0 Å². The molecular formula is C18H28N4O2. The van der Waals surface area contributed by atoms with E-state index in [1.165, 1.54) is 0 Å². The molecule has 3 rings (SSSR count). The number of hydrogen-bond acceptors (Lipinski definition) is 6. The first kappa shape index (κ1) is 17.2. The predicted octanol–water partition coefficient (Wildman–Crippen LogP) is 2.89. The summed E-state index contributed by atoms with van der Waals surface area (Å²) < 4.78 is 11.6. The standard InChI is InChI=1S/C18H28N4O2/c1-13-14(2)23-17(20-13)12-22-8-6-21(7-9-22)11-16-19-10-15(24-16)18(3,4)5/h10H,6-9,11-12H2,1-5H3. The Balaban J connectivity index is 1.49. The zero-order valence-corrected chi connectivity index (χ0v) is 15.4. The molecule has 0 radical (unpaired) electrons. The fourth-order valence-corrected chi connectivity index (χ4v) is 2.82. The third kappa shape index (κ3) is 4.05. The molecule has 0 aromatic carbocycles. The predicted molar refractivity (Wildman–Crippen MR) is 91.7 cm³/mol. The molecule has 6 heteroatoms. The Bertz CT molecular complexity index is 656. The summed E-state index contributed by atoms with van der Waals surface area (Å²) in [6.45, 7) is 16.0. The SMILES string of the molecule is Cc1nc(CN2CCN(Cc3ncc(C(C)(C)C)o3)CC2)oc1C. The second-order valence-corrected chi connectivity index (χ2v) is 7.67. The second-order valence-electron chi connectivity index (χ2n) is 7.67. The van der Waals surface area contributed by atoms with Crippen LogP contribution in [-0.4, -0.2) is 45.9 Å². The minimum absolute atomic E-state index is 0.0102. The van der Waals surface area contributed by atoms with Crippen molar-refractivity contribution in [1.82, 2.24) is 19.8 Å². The van der Waals surface area contributed by atoms with Gasteiger partial charge in [-0.3, -0.25) is 9.80 Å². The number of nitrogens with zero attached hydrogens (tertiary/aromatic N) is 4. The molecule has 1 aliphatic rings. The van der Waals surface area contributed by atoms with Gasteiger partial charge in [0.2, 0.25) is 11.8 Å². The van der Waals surface area contributed by atoms with Crippen molar-refractivity contribution in [2.75, 3.05) is 26.2 Å². The van der Waals surface area contributed by atoms with Crippen molar-refractivity contribution in [3.05, 3.63) is 35.2 Å². The van der Waals surface area contributed by atoms with Crippen LogP contribution in [0.25, 0.3) is 0 Å². The molecular weight excluding hydrogens is 304 g/mol. The maximum absolute atomic E-state index is 5.90. The highest BCUT2D eigenvalue weighted by molar-refractivity contribution is 5.06. The molecule has 1 aliphatic heterocycles. The van der Waals surface area contributed by atoms with Crippen molar-refractivity contribution < 1.29 is 8.83 Å². The molecule has 0 N–H and O–H groups in total. The Morgan fingerprint density at radius 1 is 0.958 bits per heavy atom. The zero-order valence-electron chi connectivity index (χ0n) is 15.4. The highest BCUT2D eigenvalue weighted by Gasteiger charge is 2.22. The topological polar surface area (TPSA) is 58.5 Å². The minimum atomic E-state index is 0.0102. The smallest absolute Gasteiger partial charge is 0.208 e. The lowest BCUT2D eigenvalue weighted by Crippen LogP contribution is -2.45. The Morgan fingerprint density at radius 3 is 2.00 bits per heavy atom. The van der Waals surface area contributed by atoms with E-state index in [0.29, 0.717) is 0 Å². The summed E-state index contributed by atoms with van der Waals surface area (Å²) in [5.41, 5.74) is 0.998. The van der Waals surface area contributed by atoms with E-state index in [2.05, 4.69) is 40.5 Å². The molecule has 0 atom stereocenters. The maximum Gasteiger partial charge on any atom is 0.208 e. The van der Waals surface area contributed by atoms with E-state index in [9.17, 15) is 0 Å². The average molecular weight is 332 g/mol. The molecule has 2 aromatic heterocycles. The quantitative estimate of drug-likeness (QED) is 0.858. The van der Waals surface area contributed by atoms with Crippen LogP contribution in [0.5, 0.6) is 0 Å². The van der Waals surface area contributed by atoms with Crippen molar-refractivity contribution in [3.63, 3.8) is 0 Å². The molecule has 0 amide bonds. The molecule has 3 heterocycles. The van der Waals surface area contributed by atoms with Gasteiger partial charge in [0.05, 0.1) is 25.0 Å². The van der Waals surface area contributed by atoms with Crippen LogP contribution in [-0.2, 0) is 18.5 Å². The number of hydrogen-bond donors (Lipinski definition) is 0. The van der Waals surface area contributed by atoms with Crippen LogP contribution < -0.4 is 0 Å². The lowest BCUT2D eigenvalue weighted by atomic mass is 9.94. The highest BCUT2D eigenvalue weighted by atomic mass is 16.4. The molecule has 1 saturated heterocycles. The van der Waals surface area contributed by atoms with E-state index in [0.717, 1.165) is 68.3 Å². The summed E-state index contributed by atoms with van der Waals surface area (Å²) in [4.78, 5) is 13.7. The van der Waals surface area contributed by atoms with E-state index in [4.69, 9.17) is 8.83 Å². The molecule has 2 aromatic rings. The van der Waals surface area contributed by atoms with Gasteiger partial charge in [0, 0.05) is 31.6 Å². The van der Waals surface area contributed by atoms with E-state index in [-0.39, 0.29) is 5.41 Å². The first-order valence-corrected chi connectivity index (χ1v) is 8.64. The third-order valence-electron chi connectivity index (χ3n) is 4.55. The van der Waals surface area contributed by atoms with Gasteiger partial charge in [-0.2, -0.15) is 0 Å². The second kappa shape index (κ2) is 6.69. The van der Waals surface area contributed by atoms with Gasteiger partial charge >= 0.3 is 0 Å². The molecule has 0 saturated carbocycles. The molecule has 0 aliphatic carbocycles. The minimum Gasteiger partial charge on any atom is -0.444 e. The van der Waals surface area contributed by atoms with E-state index >= 15 is 0 Å². The van der Waals surface area contributed by atoms with Crippen LogP contribution in [0.3, 0.4) is 0 Å². The monoisotopic (exact) mass is 332 g/mol. The Kier molecular flexibility index (Phi) is 4.78. The summed E-state index contributed by atoms with van der Waals surface area (Å²) in [6.07, 6.45) is 1.86. The number of piperazine rings is 1. The van der Waals surface area contributed by atoms with E-state index < -0.39 is 0 Å². The maximum atomic E-state index is 5.90. The summed E-state index contributed by atoms with van der Waals surface area (Å²) in [5, 5.41) is 0. The van der Waals surface area contributed by atoms with Crippen LogP contribution in [0.2, 0.25) is 0 Å². The molecule has 132 valence electrons. The number of aryl methyl sites for hydroxylation is 2. The molecule has 0 spiro atoms. The third-order valence-corrected chi connectivity index (χ3v) is 4.55. The fourth-order valence-electron chi connectivity index (χ4n) is 2.82. The molecule has 0 bridgehead atoms. The Labute approximate surface area is 143 Å². The Morgan fingerprint density at radius 2 is 1.54 bits per heavy atom. The van der Waals surface area contributed by atoms with Crippen LogP contribution in [0.15, 0.2) is 15.0 Å². The molecule has 1 fully saturated rings. The first-order chi connectivity index (χ1) is 11.3. The van der Waals surface area contributed by atoms with Crippen molar-refractivity contribution >= 4 is 0 Å². The van der Waals surface area contributed by atoms with Gasteiger partial charge in [-0.15, -0.1) is 0 Å². The van der Waals surface area contributed by atoms with Gasteiger partial charge in [-0.1, -0.05) is 20.8 Å². The van der Waals surface area contributed by atoms with Crippen molar-refractivity contribution in [2.24, 2.45) is 0 Å². The van der Waals surface area contributed by atoms with Gasteiger partial charge in [0.15, 0.2) is 0 Å². The molecule has 0 unspecified atom stereocenters. The summed E-state index contributed by atoms with van der Waals surface area (Å²) in [6, 6.07) is 0. The molecule has 6 nitrogen and oxygen atoms in total. The van der Waals surface area contributed by atoms with Crippen LogP contribution in [0.1, 0.15) is 49.8 Å². The number of oxazole rings is 2. The highest BCUT2D eigenvalue weighted by Crippen LogP contribution is 2.23.